The van der Waals surface area contributed by atoms with E-state index in [2.05, 4.69) is 26.3 Å². The molecule has 1 aromatic carbocycles. The number of nitrogens with zero attached hydrogens (tertiary/aromatic N) is 4. The molecule has 4 heterocycles. The predicted octanol–water partition coefficient (Wildman–Crippen LogP) is 3.14. The Morgan fingerprint density at radius 3 is 2.33 bits per heavy atom. The smallest absolute Gasteiger partial charge is 0.282 e. The molecule has 3 N–H and O–H groups in total. The number of aldehydes is 1. The summed E-state index contributed by atoms with van der Waals surface area (Å²) >= 11 is 1.26. The summed E-state index contributed by atoms with van der Waals surface area (Å²) in [6.45, 7) is 6.18. The van der Waals surface area contributed by atoms with Gasteiger partial charge in [-0.2, -0.15) is 11.5 Å². The first-order valence-electron chi connectivity index (χ1n) is 13.2. The van der Waals surface area contributed by atoms with Crippen molar-refractivity contribution >= 4 is 46.1 Å². The third-order valence-electron chi connectivity index (χ3n) is 6.04. The van der Waals surface area contributed by atoms with E-state index in [0.717, 1.165) is 0 Å². The first kappa shape index (κ1) is 37.9. The van der Waals surface area contributed by atoms with E-state index in [4.69, 9.17) is 5.11 Å². The molecule has 1 radical (unpaired) electrons. The van der Waals surface area contributed by atoms with Crippen LogP contribution in [0.2, 0.25) is 0 Å². The minimum Gasteiger partial charge on any atom is -0.421 e. The molecule has 13 heteroatoms. The molecule has 227 valence electrons. The first-order valence-corrected chi connectivity index (χ1v) is 14.1. The quantitative estimate of drug-likeness (QED) is 0.117. The summed E-state index contributed by atoms with van der Waals surface area (Å²) < 4.78 is 0. The maximum Gasteiger partial charge on any atom is 0.282 e. The number of amides is 2. The second kappa shape index (κ2) is 19.2. The number of pyridine rings is 1. The Labute approximate surface area is 281 Å². The SMILES string of the molecule is CC.CNCCO.O=Cc1csc(-c2nc[c-]c3c(C(=O)C(=O)N4CCN(C(=O)c5ccccc5)CC4)c[nH]c23)n1.[CH3-].[Y]. The molecule has 0 unspecified atom stereocenters. The van der Waals surface area contributed by atoms with Gasteiger partial charge in [0.1, 0.15) is 10.7 Å². The summed E-state index contributed by atoms with van der Waals surface area (Å²) in [5.74, 6) is -1.38. The average Bonchev–Trinajstić information content (AvgIpc) is 3.70. The zero-order chi connectivity index (χ0) is 29.8. The molecule has 5 rings (SSSR count). The van der Waals surface area contributed by atoms with Gasteiger partial charge >= 0.3 is 0 Å². The van der Waals surface area contributed by atoms with E-state index < -0.39 is 11.7 Å². The number of hydrogen-bond acceptors (Lipinski definition) is 9. The summed E-state index contributed by atoms with van der Waals surface area (Å²) in [4.78, 5) is 64.3. The molecule has 1 aliphatic heterocycles. The Kier molecular flexibility index (Phi) is 16.9. The van der Waals surface area contributed by atoms with Crippen LogP contribution in [0.5, 0.6) is 0 Å². The van der Waals surface area contributed by atoms with Crippen LogP contribution in [0.1, 0.15) is 45.1 Å². The van der Waals surface area contributed by atoms with E-state index in [-0.39, 0.29) is 71.3 Å². The molecular weight excluding hydrogens is 645 g/mol. The minimum atomic E-state index is -0.657. The number of H-pyrrole nitrogens is 1. The van der Waals surface area contributed by atoms with Crippen molar-refractivity contribution in [2.45, 2.75) is 13.8 Å². The van der Waals surface area contributed by atoms with Gasteiger partial charge in [0.2, 0.25) is 0 Å². The monoisotopic (exact) mass is 681 g/mol. The number of aromatic nitrogens is 3. The molecule has 0 atom stereocenters. The summed E-state index contributed by atoms with van der Waals surface area (Å²) in [6, 6.07) is 11.9. The van der Waals surface area contributed by atoms with Crippen molar-refractivity contribution in [3.8, 4) is 10.7 Å². The fourth-order valence-electron chi connectivity index (χ4n) is 4.02. The van der Waals surface area contributed by atoms with Gasteiger partial charge in [0.05, 0.1) is 12.3 Å². The van der Waals surface area contributed by atoms with Gasteiger partial charge in [-0.1, -0.05) is 43.8 Å². The normalized spacial score (nSPS) is 12.0. The van der Waals surface area contributed by atoms with Crippen molar-refractivity contribution in [3.05, 3.63) is 78.4 Å². The summed E-state index contributed by atoms with van der Waals surface area (Å²) in [7, 11) is 1.80. The molecule has 0 aliphatic carbocycles. The first-order chi connectivity index (χ1) is 20.0. The van der Waals surface area contributed by atoms with E-state index in [1.54, 1.807) is 41.6 Å². The van der Waals surface area contributed by atoms with Gasteiger partial charge in [-0.3, -0.25) is 24.2 Å². The third-order valence-corrected chi connectivity index (χ3v) is 6.91. The minimum absolute atomic E-state index is 0. The molecule has 3 aromatic heterocycles. The molecule has 1 saturated heterocycles. The molecule has 0 bridgehead atoms. The number of piperazine rings is 1. The number of likely N-dealkylation sites (N-methyl/N-ethyl adjacent to an activating group) is 1. The van der Waals surface area contributed by atoms with Crippen LogP contribution in [-0.4, -0.2) is 100 Å². The number of fused-ring (bicyclic) bond motifs is 1. The molecule has 43 heavy (non-hydrogen) atoms. The van der Waals surface area contributed by atoms with E-state index in [0.29, 0.717) is 58.8 Å². The number of carbonyl (C=O) groups is 4. The zero-order valence-corrected chi connectivity index (χ0v) is 28.4. The topological polar surface area (TPSA) is 149 Å². The van der Waals surface area contributed by atoms with Gasteiger partial charge in [0.25, 0.3) is 11.8 Å². The summed E-state index contributed by atoms with van der Waals surface area (Å²) in [6.07, 6.45) is 3.54. The van der Waals surface area contributed by atoms with Crippen LogP contribution in [0.3, 0.4) is 0 Å². The zero-order valence-electron chi connectivity index (χ0n) is 24.8. The molecule has 1 aliphatic rings. The van der Waals surface area contributed by atoms with Crippen molar-refractivity contribution < 1.29 is 57.0 Å². The fraction of sp³-hybridized carbons (Fsp3) is 0.300. The number of nitrogens with one attached hydrogen (secondary N) is 2. The Hall–Kier alpha value is -3.16. The molecule has 2 amide bonds. The van der Waals surface area contributed by atoms with Gasteiger partial charge < -0.3 is 32.6 Å². The van der Waals surface area contributed by atoms with Crippen LogP contribution in [0, 0.1) is 13.5 Å². The Morgan fingerprint density at radius 2 is 1.77 bits per heavy atom. The van der Waals surface area contributed by atoms with E-state index in [1.807, 2.05) is 19.9 Å². The fourth-order valence-corrected chi connectivity index (χ4v) is 4.79. The number of carbonyl (C=O) groups excluding carboxylic acids is 4. The number of hydrogen-bond donors (Lipinski definition) is 3. The van der Waals surface area contributed by atoms with Gasteiger partial charge in [0.15, 0.2) is 12.1 Å². The number of ketones is 1. The van der Waals surface area contributed by atoms with E-state index in [1.165, 1.54) is 28.6 Å². The van der Waals surface area contributed by atoms with Crippen molar-refractivity contribution in [2.75, 3.05) is 46.4 Å². The maximum atomic E-state index is 13.1. The van der Waals surface area contributed by atoms with Gasteiger partial charge in [-0.25, -0.2) is 4.98 Å². The molecule has 11 nitrogen and oxygen atoms in total. The predicted molar refractivity (Wildman–Crippen MR) is 163 cm³/mol. The largest absolute Gasteiger partial charge is 0.421 e. The number of Topliss-reactive ketones (excluding diaryl/α,β-unsaturated/α-hetero) is 1. The van der Waals surface area contributed by atoms with Gasteiger partial charge in [-0.15, -0.1) is 11.3 Å². The van der Waals surface area contributed by atoms with E-state index >= 15 is 0 Å². The summed E-state index contributed by atoms with van der Waals surface area (Å²) in [5.41, 5.74) is 2.08. The molecular formula is C30H36N6O5SY-2. The number of rotatable bonds is 7. The Balaban J connectivity index is 0.000000936. The molecule has 0 spiro atoms. The molecule has 1 fully saturated rings. The van der Waals surface area contributed by atoms with Crippen molar-refractivity contribution in [1.29, 1.82) is 0 Å². The second-order valence-corrected chi connectivity index (χ2v) is 9.36. The number of aromatic amines is 1. The molecule has 4 aromatic rings. The van der Waals surface area contributed by atoms with E-state index in [9.17, 15) is 19.2 Å². The van der Waals surface area contributed by atoms with Crippen LogP contribution < -0.4 is 5.32 Å². The van der Waals surface area contributed by atoms with Crippen LogP contribution in [0.15, 0.2) is 48.1 Å². The maximum absolute atomic E-state index is 13.1. The van der Waals surface area contributed by atoms with Crippen LogP contribution in [0.4, 0.5) is 0 Å². The van der Waals surface area contributed by atoms with Crippen LogP contribution in [-0.2, 0) is 37.5 Å². The Bertz CT molecular complexity index is 1470. The van der Waals surface area contributed by atoms with Crippen LogP contribution >= 0.6 is 11.3 Å². The number of thiazole rings is 1. The standard InChI is InChI=1S/C24H18N5O4S.C3H9NO.C2H6.CH3.Y/c30-13-16-14-34-22(27-16)20-19-17(6-7-25-20)18(12-26-19)21(31)24(33)29-10-8-28(9-11-29)23(32)15-4-2-1-3-5-15;1-4-2-3-5;1-2;;/h1-5,7,12-14,26H,8-11H2;4-5H,2-3H2,1H3;1-2H3;1H3;/q-1;;;-1;. The second-order valence-electron chi connectivity index (χ2n) is 8.51. The number of aliphatic hydroxyl groups excluding tert-OH is 1. The summed E-state index contributed by atoms with van der Waals surface area (Å²) in [5, 5.41) is 13.3. The van der Waals surface area contributed by atoms with Crippen molar-refractivity contribution in [1.82, 2.24) is 30.1 Å². The average molecular weight is 682 g/mol. The van der Waals surface area contributed by atoms with Crippen LogP contribution in [0.25, 0.3) is 21.6 Å². The third kappa shape index (κ3) is 9.41. The molecule has 0 saturated carbocycles. The Morgan fingerprint density at radius 1 is 1.12 bits per heavy atom. The van der Waals surface area contributed by atoms with Gasteiger partial charge in [-0.05, 0) is 30.9 Å². The van der Waals surface area contributed by atoms with Crippen molar-refractivity contribution in [3.63, 3.8) is 0 Å². The number of aliphatic hydroxyl groups is 1. The van der Waals surface area contributed by atoms with Gasteiger partial charge in [0, 0.05) is 76.4 Å². The van der Waals surface area contributed by atoms with Crippen molar-refractivity contribution in [2.24, 2.45) is 0 Å². The number of benzene rings is 1.